The van der Waals surface area contributed by atoms with Crippen molar-refractivity contribution in [1.29, 1.82) is 0 Å². The number of aliphatic carboxylic acids is 2. The van der Waals surface area contributed by atoms with Crippen molar-refractivity contribution in [2.45, 2.75) is 64.3 Å². The number of fused-ring (bicyclic) bond motifs is 1. The maximum Gasteiger partial charge on any atom is 0.303 e. The Morgan fingerprint density at radius 3 is 2.19 bits per heavy atom. The van der Waals surface area contributed by atoms with Crippen molar-refractivity contribution in [1.82, 2.24) is 5.32 Å². The average molecular weight is 515 g/mol. The summed E-state index contributed by atoms with van der Waals surface area (Å²) in [5, 5.41) is 23.6. The van der Waals surface area contributed by atoms with Gasteiger partial charge in [0.25, 0.3) is 0 Å². The van der Waals surface area contributed by atoms with Gasteiger partial charge in [-0.15, -0.1) is 0 Å². The number of carbonyl (C=O) groups is 3. The van der Waals surface area contributed by atoms with Gasteiger partial charge in [-0.25, -0.2) is 0 Å². The number of hydrogen-bond acceptors (Lipinski definition) is 5. The summed E-state index contributed by atoms with van der Waals surface area (Å²) in [4.78, 5) is 31.8. The fourth-order valence-corrected chi connectivity index (χ4v) is 4.99. The van der Waals surface area contributed by atoms with Gasteiger partial charge in [-0.05, 0) is 54.6 Å². The fraction of sp³-hybridized carbons (Fsp3) is 0.464. The number of ketones is 1. The molecule has 2 aromatic carbocycles. The van der Waals surface area contributed by atoms with Crippen LogP contribution in [0.2, 0.25) is 5.02 Å². The predicted octanol–water partition coefficient (Wildman–Crippen LogP) is 5.34. The van der Waals surface area contributed by atoms with Gasteiger partial charge in [-0.2, -0.15) is 0 Å². The van der Waals surface area contributed by atoms with Crippen LogP contribution in [0.4, 0.5) is 5.69 Å². The second-order valence-corrected chi connectivity index (χ2v) is 9.83. The van der Waals surface area contributed by atoms with Crippen LogP contribution in [0.5, 0.6) is 0 Å². The van der Waals surface area contributed by atoms with E-state index in [9.17, 15) is 14.4 Å². The van der Waals surface area contributed by atoms with Gasteiger partial charge < -0.3 is 20.8 Å². The van der Waals surface area contributed by atoms with Gasteiger partial charge in [0.15, 0.2) is 5.78 Å². The molecule has 0 aromatic heterocycles. The lowest BCUT2D eigenvalue weighted by molar-refractivity contribution is -0.143. The molecule has 0 amide bonds. The molecule has 4 rings (SSSR count). The maximum absolute atomic E-state index is 12.5. The van der Waals surface area contributed by atoms with Crippen LogP contribution in [0, 0.1) is 5.92 Å². The van der Waals surface area contributed by atoms with Crippen LogP contribution < -0.4 is 10.6 Å². The van der Waals surface area contributed by atoms with E-state index in [1.54, 1.807) is 0 Å². The Morgan fingerprint density at radius 2 is 1.56 bits per heavy atom. The van der Waals surface area contributed by atoms with Crippen molar-refractivity contribution in [3.63, 3.8) is 0 Å². The van der Waals surface area contributed by atoms with E-state index in [1.807, 2.05) is 18.2 Å². The highest BCUT2D eigenvalue weighted by Crippen LogP contribution is 2.31. The molecule has 1 heterocycles. The van der Waals surface area contributed by atoms with Gasteiger partial charge in [0.2, 0.25) is 0 Å². The van der Waals surface area contributed by atoms with E-state index in [2.05, 4.69) is 28.8 Å². The molecule has 1 saturated carbocycles. The largest absolute Gasteiger partial charge is 0.481 e. The number of halogens is 1. The second-order valence-electron chi connectivity index (χ2n) is 9.43. The predicted molar refractivity (Wildman–Crippen MR) is 141 cm³/mol. The van der Waals surface area contributed by atoms with Gasteiger partial charge >= 0.3 is 11.9 Å². The Kier molecular flexibility index (Phi) is 10.8. The molecule has 4 N–H and O–H groups in total. The maximum atomic E-state index is 12.5. The standard InChI is InChI=1S/C24H29ClN2O.C4H6O4/c25-22-10-9-19-11-13-26-14-12-21(19)24(22)27-16-18-5-7-20(8-6-18)23(28)15-17-3-1-2-4-17;5-3(6)1-2-4(7)8/h5-10,17,26-27H,1-4,11-16H2;1-2H2,(H,5,6)(H,7,8). The highest BCUT2D eigenvalue weighted by atomic mass is 35.5. The van der Waals surface area contributed by atoms with Gasteiger partial charge in [-0.3, -0.25) is 14.4 Å². The monoisotopic (exact) mass is 514 g/mol. The molecule has 0 spiro atoms. The quantitative estimate of drug-likeness (QED) is 0.334. The van der Waals surface area contributed by atoms with Crippen LogP contribution in [0.1, 0.15) is 72.0 Å². The fourth-order valence-electron chi connectivity index (χ4n) is 4.74. The van der Waals surface area contributed by atoms with E-state index in [4.69, 9.17) is 21.8 Å². The van der Waals surface area contributed by atoms with Crippen molar-refractivity contribution in [2.75, 3.05) is 18.4 Å². The molecule has 1 fully saturated rings. The SMILES string of the molecule is O=C(CC1CCCC1)c1ccc(CNc2c(Cl)ccc3c2CCNCC3)cc1.O=C(O)CCC(=O)O. The second kappa shape index (κ2) is 14.0. The molecule has 0 saturated heterocycles. The molecule has 8 heteroatoms. The number of carboxylic acid groups (broad SMARTS) is 2. The summed E-state index contributed by atoms with van der Waals surface area (Å²) in [7, 11) is 0. The van der Waals surface area contributed by atoms with Crippen molar-refractivity contribution >= 4 is 35.0 Å². The molecular formula is C28H35ClN2O5. The van der Waals surface area contributed by atoms with E-state index in [-0.39, 0.29) is 18.6 Å². The van der Waals surface area contributed by atoms with E-state index in [1.165, 1.54) is 36.8 Å². The third kappa shape index (κ3) is 8.64. The third-order valence-electron chi connectivity index (χ3n) is 6.73. The molecule has 0 radical (unpaired) electrons. The van der Waals surface area contributed by atoms with Crippen LogP contribution in [0.15, 0.2) is 36.4 Å². The number of rotatable bonds is 9. The zero-order valence-electron chi connectivity index (χ0n) is 20.5. The number of anilines is 1. The summed E-state index contributed by atoms with van der Waals surface area (Å²) in [6.45, 7) is 2.71. The zero-order chi connectivity index (χ0) is 25.9. The third-order valence-corrected chi connectivity index (χ3v) is 7.04. The summed E-state index contributed by atoms with van der Waals surface area (Å²) in [5.74, 6) is -1.27. The molecule has 0 bridgehead atoms. The van der Waals surface area contributed by atoms with Crippen molar-refractivity contribution in [2.24, 2.45) is 5.92 Å². The van der Waals surface area contributed by atoms with Crippen molar-refractivity contribution in [3.05, 3.63) is 63.7 Å². The topological polar surface area (TPSA) is 116 Å². The van der Waals surface area contributed by atoms with Crippen molar-refractivity contribution in [3.8, 4) is 0 Å². The Balaban J connectivity index is 0.000000392. The summed E-state index contributed by atoms with van der Waals surface area (Å²) in [6, 6.07) is 12.2. The Hall–Kier alpha value is -2.90. The summed E-state index contributed by atoms with van der Waals surface area (Å²) >= 11 is 6.50. The average Bonchev–Trinajstić information content (AvgIpc) is 3.25. The van der Waals surface area contributed by atoms with E-state index in [0.29, 0.717) is 18.9 Å². The molecule has 0 atom stereocenters. The zero-order valence-corrected chi connectivity index (χ0v) is 21.3. The molecule has 0 unspecified atom stereocenters. The number of carbonyl (C=O) groups excluding carboxylic acids is 1. The molecule has 194 valence electrons. The van der Waals surface area contributed by atoms with E-state index < -0.39 is 11.9 Å². The van der Waals surface area contributed by atoms with Crippen molar-refractivity contribution < 1.29 is 24.6 Å². The van der Waals surface area contributed by atoms with E-state index >= 15 is 0 Å². The van der Waals surface area contributed by atoms with Gasteiger partial charge in [0.1, 0.15) is 0 Å². The minimum Gasteiger partial charge on any atom is -0.481 e. The molecule has 1 aliphatic carbocycles. The number of benzene rings is 2. The lowest BCUT2D eigenvalue weighted by Gasteiger charge is -2.16. The lowest BCUT2D eigenvalue weighted by atomic mass is 9.96. The first-order valence-corrected chi connectivity index (χ1v) is 13.0. The Bertz CT molecular complexity index is 1030. The lowest BCUT2D eigenvalue weighted by Crippen LogP contribution is -2.16. The number of nitrogens with one attached hydrogen (secondary N) is 2. The van der Waals surface area contributed by atoms with Crippen LogP contribution in [-0.4, -0.2) is 41.0 Å². The number of carboxylic acids is 2. The first kappa shape index (κ1) is 27.7. The van der Waals surface area contributed by atoms with Gasteiger partial charge in [0, 0.05) is 18.5 Å². The summed E-state index contributed by atoms with van der Waals surface area (Å²) in [5.41, 5.74) is 5.78. The van der Waals surface area contributed by atoms with Crippen LogP contribution in [-0.2, 0) is 29.0 Å². The van der Waals surface area contributed by atoms with Gasteiger partial charge in [0.05, 0.1) is 23.6 Å². The highest BCUT2D eigenvalue weighted by molar-refractivity contribution is 6.33. The van der Waals surface area contributed by atoms with E-state index in [0.717, 1.165) is 47.8 Å². The molecular weight excluding hydrogens is 480 g/mol. The van der Waals surface area contributed by atoms with Crippen LogP contribution in [0.25, 0.3) is 0 Å². The highest BCUT2D eigenvalue weighted by Gasteiger charge is 2.19. The minimum absolute atomic E-state index is 0.287. The molecule has 2 aliphatic rings. The molecule has 36 heavy (non-hydrogen) atoms. The Labute approximate surface area is 217 Å². The van der Waals surface area contributed by atoms with Crippen LogP contribution in [0.3, 0.4) is 0 Å². The number of Topliss-reactive ketones (excluding diaryl/α,β-unsaturated/α-hetero) is 1. The molecule has 7 nitrogen and oxygen atoms in total. The number of hydrogen-bond donors (Lipinski definition) is 4. The molecule has 1 aliphatic heterocycles. The summed E-state index contributed by atoms with van der Waals surface area (Å²) in [6.07, 6.45) is 7.14. The first-order chi connectivity index (χ1) is 17.3. The Morgan fingerprint density at radius 1 is 0.917 bits per heavy atom. The summed E-state index contributed by atoms with van der Waals surface area (Å²) < 4.78 is 0. The van der Waals surface area contributed by atoms with Gasteiger partial charge in [-0.1, -0.05) is 67.6 Å². The normalized spacial score (nSPS) is 15.2. The van der Waals surface area contributed by atoms with Crippen LogP contribution >= 0.6 is 11.6 Å². The minimum atomic E-state index is -1.08. The molecule has 2 aromatic rings. The smallest absolute Gasteiger partial charge is 0.303 e. The first-order valence-electron chi connectivity index (χ1n) is 12.6.